The molecule has 1 aromatic heterocycles. The number of carbonyl (C=O) groups excluding carboxylic acids is 2. The number of nitrogens with zero attached hydrogens (tertiary/aromatic N) is 4. The fraction of sp³-hybridized carbons (Fsp3) is 0.526. The Bertz CT molecular complexity index is 1080. The predicted molar refractivity (Wildman–Crippen MR) is 109 cm³/mol. The number of nitrogens with one attached hydrogen (secondary N) is 1. The highest BCUT2D eigenvalue weighted by molar-refractivity contribution is 7.89. The molecule has 10 nitrogen and oxygen atoms in total. The molecule has 0 radical (unpaired) electrons. The van der Waals surface area contributed by atoms with Gasteiger partial charge in [-0.3, -0.25) is 19.2 Å². The predicted octanol–water partition coefficient (Wildman–Crippen LogP) is -0.436. The summed E-state index contributed by atoms with van der Waals surface area (Å²) in [6.07, 6.45) is 0.355. The van der Waals surface area contributed by atoms with Gasteiger partial charge in [0.15, 0.2) is 5.69 Å². The number of methoxy groups -OCH3 is 1. The van der Waals surface area contributed by atoms with E-state index in [4.69, 9.17) is 4.74 Å². The zero-order valence-electron chi connectivity index (χ0n) is 16.9. The molecule has 30 heavy (non-hydrogen) atoms. The number of fused-ring (bicyclic) bond motifs is 2. The van der Waals surface area contributed by atoms with Crippen molar-refractivity contribution in [2.24, 2.45) is 7.05 Å². The van der Waals surface area contributed by atoms with Crippen LogP contribution in [0.4, 0.5) is 0 Å². The maximum absolute atomic E-state index is 12.9. The zero-order chi connectivity index (χ0) is 21.5. The summed E-state index contributed by atoms with van der Waals surface area (Å²) in [5.74, 6) is -0.889. The number of para-hydroxylation sites is 1. The summed E-state index contributed by atoms with van der Waals surface area (Å²) < 4.78 is 32.5. The number of benzene rings is 1. The lowest BCUT2D eigenvalue weighted by Gasteiger charge is -2.23. The van der Waals surface area contributed by atoms with Gasteiger partial charge in [-0.15, -0.1) is 0 Å². The third kappa shape index (κ3) is 3.68. The number of carbonyl (C=O) groups is 2. The third-order valence-corrected chi connectivity index (χ3v) is 7.45. The second-order valence-corrected chi connectivity index (χ2v) is 9.64. The van der Waals surface area contributed by atoms with Gasteiger partial charge >= 0.3 is 0 Å². The summed E-state index contributed by atoms with van der Waals surface area (Å²) in [5, 5.41) is 8.08. The van der Waals surface area contributed by atoms with E-state index in [-0.39, 0.29) is 37.4 Å². The van der Waals surface area contributed by atoms with E-state index >= 15 is 0 Å². The minimum Gasteiger partial charge on any atom is -0.383 e. The maximum atomic E-state index is 12.9. The lowest BCUT2D eigenvalue weighted by Crippen LogP contribution is -2.45. The minimum atomic E-state index is -3.67. The molecule has 0 saturated carbocycles. The largest absolute Gasteiger partial charge is 0.383 e. The van der Waals surface area contributed by atoms with E-state index in [1.54, 1.807) is 11.7 Å². The molecule has 2 fully saturated rings. The van der Waals surface area contributed by atoms with Gasteiger partial charge in [-0.2, -0.15) is 5.10 Å². The van der Waals surface area contributed by atoms with Gasteiger partial charge in [0, 0.05) is 38.7 Å². The van der Waals surface area contributed by atoms with E-state index in [1.807, 2.05) is 29.2 Å². The van der Waals surface area contributed by atoms with Crippen LogP contribution in [0.5, 0.6) is 0 Å². The van der Waals surface area contributed by atoms with E-state index in [0.717, 1.165) is 15.2 Å². The fourth-order valence-corrected chi connectivity index (χ4v) is 5.65. The Morgan fingerprint density at radius 3 is 2.87 bits per heavy atom. The first kappa shape index (κ1) is 20.8. The molecular formula is C19H25N5O5S. The Labute approximate surface area is 174 Å². The van der Waals surface area contributed by atoms with E-state index in [9.17, 15) is 18.0 Å². The van der Waals surface area contributed by atoms with Crippen LogP contribution in [0, 0.1) is 0 Å². The molecule has 1 aromatic carbocycles. The van der Waals surface area contributed by atoms with Gasteiger partial charge < -0.3 is 10.1 Å². The molecule has 11 heteroatoms. The highest BCUT2D eigenvalue weighted by Crippen LogP contribution is 2.25. The number of sulfonamides is 1. The molecule has 2 saturated heterocycles. The average molecular weight is 436 g/mol. The molecule has 1 N–H and O–H groups in total. The Morgan fingerprint density at radius 2 is 2.10 bits per heavy atom. The summed E-state index contributed by atoms with van der Waals surface area (Å²) in [6, 6.07) is 6.64. The Morgan fingerprint density at radius 1 is 1.33 bits per heavy atom. The first-order valence-corrected chi connectivity index (χ1v) is 11.4. The first-order valence-electron chi connectivity index (χ1n) is 9.81. The molecule has 2 aliphatic rings. The number of aromatic nitrogens is 2. The van der Waals surface area contributed by atoms with Crippen LogP contribution in [0.15, 0.2) is 24.3 Å². The fourth-order valence-electron chi connectivity index (χ4n) is 4.22. The zero-order valence-corrected chi connectivity index (χ0v) is 17.8. The van der Waals surface area contributed by atoms with Crippen LogP contribution < -0.4 is 5.32 Å². The third-order valence-electron chi connectivity index (χ3n) is 5.71. The van der Waals surface area contributed by atoms with Crippen molar-refractivity contribution in [3.63, 3.8) is 0 Å². The summed E-state index contributed by atoms with van der Waals surface area (Å²) >= 11 is 0. The normalized spacial score (nSPS) is 24.1. The van der Waals surface area contributed by atoms with Gasteiger partial charge in [0.1, 0.15) is 0 Å². The molecule has 0 unspecified atom stereocenters. The summed E-state index contributed by atoms with van der Waals surface area (Å²) in [7, 11) is -0.421. The SMILES string of the molecule is COCCN1C(=O)[C@@H]2C[C@H](NC(=O)c3nn(C)c4ccccc34)CN2CCS1(=O)=O. The van der Waals surface area contributed by atoms with Crippen molar-refractivity contribution in [1.29, 1.82) is 0 Å². The van der Waals surface area contributed by atoms with Crippen molar-refractivity contribution >= 4 is 32.7 Å². The van der Waals surface area contributed by atoms with E-state index in [2.05, 4.69) is 10.4 Å². The van der Waals surface area contributed by atoms with Gasteiger partial charge in [-0.1, -0.05) is 18.2 Å². The van der Waals surface area contributed by atoms with Crippen LogP contribution in [0.2, 0.25) is 0 Å². The Hall–Kier alpha value is -2.50. The first-order chi connectivity index (χ1) is 14.3. The van der Waals surface area contributed by atoms with Gasteiger partial charge in [0.25, 0.3) is 11.8 Å². The maximum Gasteiger partial charge on any atom is 0.272 e. The summed E-state index contributed by atoms with van der Waals surface area (Å²) in [4.78, 5) is 27.7. The van der Waals surface area contributed by atoms with Crippen molar-refractivity contribution < 1.29 is 22.7 Å². The molecule has 2 atom stereocenters. The molecule has 2 amide bonds. The molecule has 4 rings (SSSR count). The van der Waals surface area contributed by atoms with E-state index in [1.165, 1.54) is 7.11 Å². The molecule has 3 heterocycles. The topological polar surface area (TPSA) is 114 Å². The summed E-state index contributed by atoms with van der Waals surface area (Å²) in [5.41, 5.74) is 1.20. The highest BCUT2D eigenvalue weighted by Gasteiger charge is 2.45. The molecular weight excluding hydrogens is 410 g/mol. The van der Waals surface area contributed by atoms with E-state index in [0.29, 0.717) is 18.7 Å². The molecule has 0 bridgehead atoms. The van der Waals surface area contributed by atoms with Gasteiger partial charge in [-0.05, 0) is 12.5 Å². The van der Waals surface area contributed by atoms with Gasteiger partial charge in [0.2, 0.25) is 10.0 Å². The lowest BCUT2D eigenvalue weighted by atomic mass is 10.1. The van der Waals surface area contributed by atoms with E-state index < -0.39 is 22.0 Å². The number of hydrogen-bond acceptors (Lipinski definition) is 7. The van der Waals surface area contributed by atoms with Crippen molar-refractivity contribution in [2.75, 3.05) is 39.1 Å². The van der Waals surface area contributed by atoms with Gasteiger partial charge in [-0.25, -0.2) is 12.7 Å². The van der Waals surface area contributed by atoms with Crippen molar-refractivity contribution in [3.8, 4) is 0 Å². The molecule has 0 aliphatic carbocycles. The van der Waals surface area contributed by atoms with Crippen LogP contribution in [-0.2, 0) is 26.6 Å². The monoisotopic (exact) mass is 435 g/mol. The van der Waals surface area contributed by atoms with Crippen molar-refractivity contribution in [3.05, 3.63) is 30.0 Å². The van der Waals surface area contributed by atoms with Crippen LogP contribution in [-0.4, -0.2) is 90.4 Å². The average Bonchev–Trinajstić information content (AvgIpc) is 3.25. The standard InChI is InChI=1S/C19H25N5O5S/c1-22-15-6-4-3-5-14(15)17(21-22)18(25)20-13-11-16-19(26)24(7-9-29-2)30(27,28)10-8-23(16)12-13/h3-6,13,16H,7-12H2,1-2H3,(H,20,25)/t13-,16-/m0/s1. The second kappa shape index (κ2) is 7.97. The van der Waals surface area contributed by atoms with Crippen molar-refractivity contribution in [1.82, 2.24) is 24.3 Å². The number of hydrogen-bond donors (Lipinski definition) is 1. The summed E-state index contributed by atoms with van der Waals surface area (Å²) in [6.45, 7) is 0.811. The Balaban J connectivity index is 1.50. The number of ether oxygens (including phenoxy) is 1. The molecule has 0 spiro atoms. The lowest BCUT2D eigenvalue weighted by molar-refractivity contribution is -0.131. The highest BCUT2D eigenvalue weighted by atomic mass is 32.2. The Kier molecular flexibility index (Phi) is 5.51. The number of aryl methyl sites for hydroxylation is 1. The smallest absolute Gasteiger partial charge is 0.272 e. The minimum absolute atomic E-state index is 0.00103. The molecule has 162 valence electrons. The number of amides is 2. The molecule has 2 aliphatic heterocycles. The molecule has 2 aromatic rings. The van der Waals surface area contributed by atoms with Gasteiger partial charge in [0.05, 0.1) is 30.5 Å². The quantitative estimate of drug-likeness (QED) is 0.678. The second-order valence-electron chi connectivity index (χ2n) is 7.63. The van der Waals surface area contributed by atoms with Crippen LogP contribution in [0.25, 0.3) is 10.9 Å². The van der Waals surface area contributed by atoms with Crippen LogP contribution in [0.1, 0.15) is 16.9 Å². The van der Waals surface area contributed by atoms with Crippen LogP contribution in [0.3, 0.4) is 0 Å². The number of rotatable bonds is 5. The van der Waals surface area contributed by atoms with Crippen LogP contribution >= 0.6 is 0 Å². The van der Waals surface area contributed by atoms with Crippen molar-refractivity contribution in [2.45, 2.75) is 18.5 Å².